The van der Waals surface area contributed by atoms with Crippen LogP contribution in [0.1, 0.15) is 0 Å². The zero-order chi connectivity index (χ0) is 6.10. The Morgan fingerprint density at radius 3 is 3.10 bits per heavy atom. The lowest BCUT2D eigenvalue weighted by molar-refractivity contribution is 0.611. The van der Waals surface area contributed by atoms with Crippen molar-refractivity contribution in [2.45, 2.75) is 0 Å². The topological polar surface area (TPSA) is 15.6 Å². The summed E-state index contributed by atoms with van der Waals surface area (Å²) < 4.78 is 0. The molecule has 0 N–H and O–H groups in total. The van der Waals surface area contributed by atoms with E-state index < -0.39 is 0 Å². The van der Waals surface area contributed by atoms with Crippen LogP contribution in [0.15, 0.2) is 29.4 Å². The molecule has 2 aliphatic heterocycles. The molecule has 0 saturated carbocycles. The highest BCUT2D eigenvalue weighted by atomic mass is 31.0. The molecule has 2 aliphatic rings. The first-order chi connectivity index (χ1) is 4.47. The smallest absolute Gasteiger partial charge is 0.127 e. The summed E-state index contributed by atoms with van der Waals surface area (Å²) in [5.41, 5.74) is 0. The van der Waals surface area contributed by atoms with Gasteiger partial charge >= 0.3 is 0 Å². The van der Waals surface area contributed by atoms with Crippen LogP contribution in [-0.4, -0.2) is 23.8 Å². The quantitative estimate of drug-likeness (QED) is 0.472. The van der Waals surface area contributed by atoms with Crippen LogP contribution in [0.5, 0.6) is 0 Å². The van der Waals surface area contributed by atoms with Crippen molar-refractivity contribution in [1.82, 2.24) is 4.90 Å². The van der Waals surface area contributed by atoms with Crippen LogP contribution in [0.2, 0.25) is 0 Å². The van der Waals surface area contributed by atoms with Gasteiger partial charge in [0.15, 0.2) is 0 Å². The number of rotatable bonds is 0. The summed E-state index contributed by atoms with van der Waals surface area (Å²) in [7, 11) is 0. The van der Waals surface area contributed by atoms with Crippen molar-refractivity contribution >= 4 is 15.7 Å². The maximum absolute atomic E-state index is 4.26. The van der Waals surface area contributed by atoms with Gasteiger partial charge in [0.2, 0.25) is 0 Å². The van der Waals surface area contributed by atoms with E-state index in [0.717, 1.165) is 18.9 Å². The zero-order valence-corrected chi connectivity index (χ0v) is 7.24. The third-order valence-electron chi connectivity index (χ3n) is 1.53. The standard InChI is InChI=1S/C7H8N2.H3P/c1-2-5-9-6-4-8-7(9)3-1;/h1-3,5H,4,6H2;1H3. The van der Waals surface area contributed by atoms with Crippen LogP contribution in [0.25, 0.3) is 0 Å². The first-order valence-electron chi connectivity index (χ1n) is 3.13. The van der Waals surface area contributed by atoms with Crippen LogP contribution in [0, 0.1) is 0 Å². The fourth-order valence-electron chi connectivity index (χ4n) is 1.07. The number of allylic oxidation sites excluding steroid dienone is 2. The lowest BCUT2D eigenvalue weighted by Gasteiger charge is -2.13. The SMILES string of the molecule is C1=CC2=NCCN2C=C1.P. The van der Waals surface area contributed by atoms with Gasteiger partial charge in [0.25, 0.3) is 0 Å². The summed E-state index contributed by atoms with van der Waals surface area (Å²) in [6, 6.07) is 0. The number of aliphatic imine (C=N–C) groups is 1. The average molecular weight is 154 g/mol. The first-order valence-corrected chi connectivity index (χ1v) is 3.13. The normalized spacial score (nSPS) is 20.0. The molecular weight excluding hydrogens is 143 g/mol. The zero-order valence-electron chi connectivity index (χ0n) is 5.83. The van der Waals surface area contributed by atoms with Gasteiger partial charge in [0, 0.05) is 12.7 Å². The van der Waals surface area contributed by atoms with Crippen LogP contribution in [0.3, 0.4) is 0 Å². The van der Waals surface area contributed by atoms with Crippen LogP contribution in [-0.2, 0) is 0 Å². The van der Waals surface area contributed by atoms with E-state index in [1.54, 1.807) is 0 Å². The molecule has 54 valence electrons. The lowest BCUT2D eigenvalue weighted by atomic mass is 10.3. The predicted octanol–water partition coefficient (Wildman–Crippen LogP) is 0.842. The minimum atomic E-state index is 0. The largest absolute Gasteiger partial charge is 0.331 e. The summed E-state index contributed by atoms with van der Waals surface area (Å²) in [5.74, 6) is 1.11. The molecule has 0 aromatic rings. The van der Waals surface area contributed by atoms with Gasteiger partial charge in [-0.05, 0) is 12.2 Å². The Bertz CT molecular complexity index is 203. The molecule has 1 atom stereocenters. The Labute approximate surface area is 63.9 Å². The Kier molecular flexibility index (Phi) is 2.23. The molecule has 0 bridgehead atoms. The predicted molar refractivity (Wildman–Crippen MR) is 48.4 cm³/mol. The molecule has 0 aromatic carbocycles. The van der Waals surface area contributed by atoms with Crippen molar-refractivity contribution in [3.63, 3.8) is 0 Å². The van der Waals surface area contributed by atoms with Gasteiger partial charge in [-0.1, -0.05) is 6.08 Å². The van der Waals surface area contributed by atoms with Crippen LogP contribution >= 0.6 is 9.90 Å². The van der Waals surface area contributed by atoms with E-state index in [0.29, 0.717) is 0 Å². The minimum Gasteiger partial charge on any atom is -0.331 e. The van der Waals surface area contributed by atoms with Gasteiger partial charge in [-0.15, -0.1) is 0 Å². The van der Waals surface area contributed by atoms with Crippen LogP contribution in [0.4, 0.5) is 0 Å². The molecule has 1 unspecified atom stereocenters. The van der Waals surface area contributed by atoms with Crippen molar-refractivity contribution in [2.24, 2.45) is 4.99 Å². The van der Waals surface area contributed by atoms with Gasteiger partial charge in [-0.2, -0.15) is 9.90 Å². The van der Waals surface area contributed by atoms with E-state index in [1.165, 1.54) is 0 Å². The molecule has 2 heterocycles. The van der Waals surface area contributed by atoms with Crippen molar-refractivity contribution in [3.05, 3.63) is 24.4 Å². The summed E-state index contributed by atoms with van der Waals surface area (Å²) in [6.07, 6.45) is 8.14. The van der Waals surface area contributed by atoms with Gasteiger partial charge in [-0.25, -0.2) is 0 Å². The molecule has 0 aromatic heterocycles. The molecular formula is C7H11N2P. The Morgan fingerprint density at radius 2 is 2.30 bits per heavy atom. The number of hydrogen-bond donors (Lipinski definition) is 0. The summed E-state index contributed by atoms with van der Waals surface area (Å²) in [5, 5.41) is 0. The Hall–Kier alpha value is -0.620. The molecule has 10 heavy (non-hydrogen) atoms. The van der Waals surface area contributed by atoms with E-state index in [1.807, 2.05) is 18.2 Å². The molecule has 0 fully saturated rings. The number of hydrogen-bond acceptors (Lipinski definition) is 2. The van der Waals surface area contributed by atoms with Gasteiger partial charge in [0.05, 0.1) is 6.54 Å². The molecule has 0 amide bonds. The third-order valence-corrected chi connectivity index (χ3v) is 1.53. The highest BCUT2D eigenvalue weighted by molar-refractivity contribution is 6.92. The Balaban J connectivity index is 0.000000500. The molecule has 3 heteroatoms. The van der Waals surface area contributed by atoms with E-state index in [4.69, 9.17) is 0 Å². The summed E-state index contributed by atoms with van der Waals surface area (Å²) in [6.45, 7) is 2.00. The summed E-state index contributed by atoms with van der Waals surface area (Å²) >= 11 is 0. The molecule has 0 saturated heterocycles. The monoisotopic (exact) mass is 154 g/mol. The van der Waals surface area contributed by atoms with E-state index in [-0.39, 0.29) is 9.90 Å². The van der Waals surface area contributed by atoms with E-state index in [9.17, 15) is 0 Å². The van der Waals surface area contributed by atoms with Crippen molar-refractivity contribution < 1.29 is 0 Å². The van der Waals surface area contributed by atoms with Gasteiger partial charge < -0.3 is 4.90 Å². The molecule has 2 rings (SSSR count). The van der Waals surface area contributed by atoms with E-state index >= 15 is 0 Å². The fourth-order valence-corrected chi connectivity index (χ4v) is 1.07. The minimum absolute atomic E-state index is 0. The second kappa shape index (κ2) is 2.98. The van der Waals surface area contributed by atoms with Crippen LogP contribution < -0.4 is 0 Å². The second-order valence-electron chi connectivity index (χ2n) is 2.13. The second-order valence-corrected chi connectivity index (χ2v) is 2.13. The summed E-state index contributed by atoms with van der Waals surface area (Å²) in [4.78, 5) is 6.42. The molecule has 0 aliphatic carbocycles. The number of fused-ring (bicyclic) bond motifs is 1. The number of amidine groups is 1. The highest BCUT2D eigenvalue weighted by Gasteiger charge is 2.11. The van der Waals surface area contributed by atoms with Crippen molar-refractivity contribution in [3.8, 4) is 0 Å². The molecule has 0 spiro atoms. The van der Waals surface area contributed by atoms with Crippen molar-refractivity contribution in [1.29, 1.82) is 0 Å². The Morgan fingerprint density at radius 1 is 1.40 bits per heavy atom. The first kappa shape index (κ1) is 7.49. The molecule has 2 nitrogen and oxygen atoms in total. The lowest BCUT2D eigenvalue weighted by Crippen LogP contribution is -2.20. The fraction of sp³-hybridized carbons (Fsp3) is 0.286. The van der Waals surface area contributed by atoms with E-state index in [2.05, 4.69) is 16.1 Å². The third kappa shape index (κ3) is 1.12. The van der Waals surface area contributed by atoms with Gasteiger partial charge in [-0.3, -0.25) is 4.99 Å². The molecule has 0 radical (unpaired) electrons. The van der Waals surface area contributed by atoms with Crippen molar-refractivity contribution in [2.75, 3.05) is 13.1 Å². The maximum atomic E-state index is 4.26. The maximum Gasteiger partial charge on any atom is 0.127 e. The van der Waals surface area contributed by atoms with Gasteiger partial charge in [0.1, 0.15) is 5.84 Å². The average Bonchev–Trinajstić information content (AvgIpc) is 2.33. The highest BCUT2D eigenvalue weighted by Crippen LogP contribution is 2.06. The number of nitrogens with zero attached hydrogens (tertiary/aromatic N) is 2.